The lowest BCUT2D eigenvalue weighted by molar-refractivity contribution is -0.143. The van der Waals surface area contributed by atoms with Gasteiger partial charge in [-0.2, -0.15) is 0 Å². The summed E-state index contributed by atoms with van der Waals surface area (Å²) in [6.45, 7) is 2.17. The second-order valence-corrected chi connectivity index (χ2v) is 5.00. The largest absolute Gasteiger partial charge is 0.466 e. The van der Waals surface area contributed by atoms with Crippen LogP contribution in [-0.2, 0) is 9.53 Å². The summed E-state index contributed by atoms with van der Waals surface area (Å²) in [5.74, 6) is 0.235. The van der Waals surface area contributed by atoms with Crippen LogP contribution in [0.15, 0.2) is 59.1 Å². The Morgan fingerprint density at radius 3 is 2.77 bits per heavy atom. The molecule has 0 aliphatic heterocycles. The van der Waals surface area contributed by atoms with Gasteiger partial charge in [-0.25, -0.2) is 0 Å². The number of rotatable bonds is 5. The van der Waals surface area contributed by atoms with Crippen LogP contribution in [0.2, 0.25) is 0 Å². The maximum absolute atomic E-state index is 11.9. The van der Waals surface area contributed by atoms with Gasteiger partial charge in [0.15, 0.2) is 0 Å². The van der Waals surface area contributed by atoms with Gasteiger partial charge in [0.2, 0.25) is 0 Å². The number of esters is 1. The van der Waals surface area contributed by atoms with E-state index in [-0.39, 0.29) is 18.3 Å². The zero-order valence-electron chi connectivity index (χ0n) is 12.4. The van der Waals surface area contributed by atoms with Gasteiger partial charge in [0.05, 0.1) is 24.6 Å². The van der Waals surface area contributed by atoms with Crippen LogP contribution >= 0.6 is 0 Å². The Kier molecular flexibility index (Phi) is 4.19. The number of nitrogens with zero attached hydrogens (tertiary/aromatic N) is 1. The van der Waals surface area contributed by atoms with Gasteiger partial charge in [-0.3, -0.25) is 9.78 Å². The highest BCUT2D eigenvalue weighted by Crippen LogP contribution is 2.31. The van der Waals surface area contributed by atoms with Crippen LogP contribution < -0.4 is 0 Å². The topological polar surface area (TPSA) is 52.3 Å². The number of furan rings is 1. The summed E-state index contributed by atoms with van der Waals surface area (Å²) in [5, 5.41) is 1.02. The summed E-state index contributed by atoms with van der Waals surface area (Å²) in [4.78, 5) is 16.3. The monoisotopic (exact) mass is 295 g/mol. The van der Waals surface area contributed by atoms with Crippen molar-refractivity contribution in [1.29, 1.82) is 0 Å². The Bertz CT molecular complexity index is 731. The van der Waals surface area contributed by atoms with E-state index < -0.39 is 0 Å². The number of pyridine rings is 1. The Hall–Kier alpha value is -2.62. The van der Waals surface area contributed by atoms with Gasteiger partial charge in [0, 0.05) is 11.6 Å². The van der Waals surface area contributed by atoms with Crippen molar-refractivity contribution in [3.8, 4) is 0 Å². The lowest BCUT2D eigenvalue weighted by atomic mass is 9.97. The first-order valence-corrected chi connectivity index (χ1v) is 7.33. The van der Waals surface area contributed by atoms with Crippen molar-refractivity contribution in [2.24, 2.45) is 0 Å². The SMILES string of the molecule is CCOC(=O)CC(c1ccccn1)c1cc2ccccc2o1. The Morgan fingerprint density at radius 1 is 1.23 bits per heavy atom. The van der Waals surface area contributed by atoms with Crippen LogP contribution in [0.1, 0.15) is 30.7 Å². The summed E-state index contributed by atoms with van der Waals surface area (Å²) in [6.07, 6.45) is 1.93. The van der Waals surface area contributed by atoms with E-state index in [0.717, 1.165) is 22.4 Å². The minimum Gasteiger partial charge on any atom is -0.466 e. The lowest BCUT2D eigenvalue weighted by Crippen LogP contribution is -2.12. The molecule has 2 aromatic heterocycles. The first-order chi connectivity index (χ1) is 10.8. The molecule has 0 aliphatic carbocycles. The van der Waals surface area contributed by atoms with Gasteiger partial charge >= 0.3 is 5.97 Å². The fraction of sp³-hybridized carbons (Fsp3) is 0.222. The summed E-state index contributed by atoms with van der Waals surface area (Å²) in [5.41, 5.74) is 1.61. The van der Waals surface area contributed by atoms with Crippen molar-refractivity contribution < 1.29 is 13.9 Å². The predicted molar refractivity (Wildman–Crippen MR) is 83.5 cm³/mol. The fourth-order valence-electron chi connectivity index (χ4n) is 2.49. The summed E-state index contributed by atoms with van der Waals surface area (Å²) >= 11 is 0. The number of ether oxygens (including phenoxy) is 1. The molecule has 4 nitrogen and oxygen atoms in total. The molecule has 1 atom stereocenters. The van der Waals surface area contributed by atoms with Crippen LogP contribution in [0, 0.1) is 0 Å². The number of fused-ring (bicyclic) bond motifs is 1. The first kappa shape index (κ1) is 14.3. The smallest absolute Gasteiger partial charge is 0.306 e. The van der Waals surface area contributed by atoms with Crippen LogP contribution in [0.3, 0.4) is 0 Å². The third kappa shape index (κ3) is 3.01. The third-order valence-electron chi connectivity index (χ3n) is 3.51. The predicted octanol–water partition coefficient (Wildman–Crippen LogP) is 3.91. The quantitative estimate of drug-likeness (QED) is 0.670. The molecular formula is C18H17NO3. The lowest BCUT2D eigenvalue weighted by Gasteiger charge is -2.13. The fourth-order valence-corrected chi connectivity index (χ4v) is 2.49. The molecule has 2 heterocycles. The highest BCUT2D eigenvalue weighted by atomic mass is 16.5. The third-order valence-corrected chi connectivity index (χ3v) is 3.51. The second-order valence-electron chi connectivity index (χ2n) is 5.00. The molecule has 112 valence electrons. The first-order valence-electron chi connectivity index (χ1n) is 7.33. The van der Waals surface area contributed by atoms with E-state index in [4.69, 9.17) is 9.15 Å². The van der Waals surface area contributed by atoms with E-state index in [1.54, 1.807) is 13.1 Å². The molecule has 4 heteroatoms. The van der Waals surface area contributed by atoms with E-state index in [0.29, 0.717) is 6.61 Å². The normalized spacial score (nSPS) is 12.2. The molecule has 22 heavy (non-hydrogen) atoms. The minimum absolute atomic E-state index is 0.213. The van der Waals surface area contributed by atoms with Crippen LogP contribution in [0.25, 0.3) is 11.0 Å². The number of carbonyl (C=O) groups is 1. The standard InChI is InChI=1S/C18H17NO3/c1-2-21-18(20)12-14(15-8-5-6-10-19-15)17-11-13-7-3-4-9-16(13)22-17/h3-11,14H,2,12H2,1H3. The number of carbonyl (C=O) groups excluding carboxylic acids is 1. The van der Waals surface area contributed by atoms with Crippen LogP contribution in [0.5, 0.6) is 0 Å². The van der Waals surface area contributed by atoms with Gasteiger partial charge in [-0.15, -0.1) is 0 Å². The van der Waals surface area contributed by atoms with Crippen molar-refractivity contribution >= 4 is 16.9 Å². The Morgan fingerprint density at radius 2 is 2.05 bits per heavy atom. The van der Waals surface area contributed by atoms with E-state index in [9.17, 15) is 4.79 Å². The van der Waals surface area contributed by atoms with Gasteiger partial charge in [-0.1, -0.05) is 24.3 Å². The molecule has 0 saturated heterocycles. The maximum atomic E-state index is 11.9. The van der Waals surface area contributed by atoms with Crippen molar-refractivity contribution in [2.75, 3.05) is 6.61 Å². The Labute approximate surface area is 128 Å². The van der Waals surface area contributed by atoms with Crippen LogP contribution in [-0.4, -0.2) is 17.6 Å². The molecule has 1 unspecified atom stereocenters. The molecule has 0 N–H and O–H groups in total. The highest BCUT2D eigenvalue weighted by molar-refractivity contribution is 5.78. The van der Waals surface area contributed by atoms with Crippen LogP contribution in [0.4, 0.5) is 0 Å². The number of benzene rings is 1. The zero-order valence-corrected chi connectivity index (χ0v) is 12.4. The van der Waals surface area contributed by atoms with Crippen molar-refractivity contribution in [1.82, 2.24) is 4.98 Å². The summed E-state index contributed by atoms with van der Waals surface area (Å²) in [6, 6.07) is 15.4. The van der Waals surface area contributed by atoms with Crippen molar-refractivity contribution in [2.45, 2.75) is 19.3 Å². The molecule has 0 bridgehead atoms. The van der Waals surface area contributed by atoms with E-state index in [2.05, 4.69) is 4.98 Å². The molecule has 3 rings (SSSR count). The molecule has 0 saturated carbocycles. The molecule has 3 aromatic rings. The van der Waals surface area contributed by atoms with E-state index in [1.165, 1.54) is 0 Å². The molecule has 1 aromatic carbocycles. The number of para-hydroxylation sites is 1. The molecule has 0 radical (unpaired) electrons. The van der Waals surface area contributed by atoms with E-state index in [1.807, 2.05) is 48.5 Å². The minimum atomic E-state index is -0.251. The summed E-state index contributed by atoms with van der Waals surface area (Å²) in [7, 11) is 0. The average molecular weight is 295 g/mol. The number of aromatic nitrogens is 1. The second kappa shape index (κ2) is 6.43. The molecule has 0 spiro atoms. The zero-order chi connectivity index (χ0) is 15.4. The average Bonchev–Trinajstić information content (AvgIpc) is 2.97. The number of hydrogen-bond acceptors (Lipinski definition) is 4. The molecule has 0 amide bonds. The summed E-state index contributed by atoms with van der Waals surface area (Å²) < 4.78 is 11.0. The highest BCUT2D eigenvalue weighted by Gasteiger charge is 2.23. The van der Waals surface area contributed by atoms with Gasteiger partial charge in [0.1, 0.15) is 11.3 Å². The van der Waals surface area contributed by atoms with E-state index >= 15 is 0 Å². The molecule has 0 aliphatic rings. The maximum Gasteiger partial charge on any atom is 0.306 e. The van der Waals surface area contributed by atoms with Crippen molar-refractivity contribution in [3.63, 3.8) is 0 Å². The molecular weight excluding hydrogens is 278 g/mol. The Balaban J connectivity index is 1.98. The van der Waals surface area contributed by atoms with Gasteiger partial charge < -0.3 is 9.15 Å². The van der Waals surface area contributed by atoms with Gasteiger partial charge in [0.25, 0.3) is 0 Å². The van der Waals surface area contributed by atoms with Gasteiger partial charge in [-0.05, 0) is 31.2 Å². The number of hydrogen-bond donors (Lipinski definition) is 0. The van der Waals surface area contributed by atoms with Crippen molar-refractivity contribution in [3.05, 3.63) is 66.2 Å². The molecule has 0 fully saturated rings.